The van der Waals surface area contributed by atoms with Crippen LogP contribution in [-0.2, 0) is 4.74 Å². The van der Waals surface area contributed by atoms with Gasteiger partial charge in [-0.05, 0) is 30.8 Å². The quantitative estimate of drug-likeness (QED) is 0.553. The fourth-order valence-corrected chi connectivity index (χ4v) is 1.54. The smallest absolute Gasteiger partial charge is 0.338 e. The maximum absolute atomic E-state index is 11.7. The minimum absolute atomic E-state index is 0.111. The van der Waals surface area contributed by atoms with Gasteiger partial charge in [-0.2, -0.15) is 0 Å². The molecule has 0 spiro atoms. The van der Waals surface area contributed by atoms with E-state index in [0.29, 0.717) is 30.9 Å². The Balaban J connectivity index is 2.35. The van der Waals surface area contributed by atoms with Crippen molar-refractivity contribution < 1.29 is 14.6 Å². The van der Waals surface area contributed by atoms with Crippen LogP contribution in [-0.4, -0.2) is 48.8 Å². The Kier molecular flexibility index (Phi) is 6.18. The summed E-state index contributed by atoms with van der Waals surface area (Å²) in [5.41, 5.74) is 6.65. The van der Waals surface area contributed by atoms with Crippen LogP contribution >= 0.6 is 0 Å². The Labute approximate surface area is 107 Å². The zero-order valence-electron chi connectivity index (χ0n) is 10.6. The van der Waals surface area contributed by atoms with Crippen molar-refractivity contribution in [3.8, 4) is 0 Å². The molecule has 1 aromatic rings. The minimum atomic E-state index is -0.352. The number of rotatable bonds is 7. The van der Waals surface area contributed by atoms with E-state index in [-0.39, 0.29) is 12.6 Å². The number of likely N-dealkylation sites (N-methyl/N-ethyl adjacent to an activating group) is 1. The second-order valence-electron chi connectivity index (χ2n) is 3.92. The maximum Gasteiger partial charge on any atom is 0.338 e. The lowest BCUT2D eigenvalue weighted by molar-refractivity contribution is 0.0456. The van der Waals surface area contributed by atoms with Crippen molar-refractivity contribution in [2.75, 3.05) is 38.6 Å². The summed E-state index contributed by atoms with van der Waals surface area (Å²) in [7, 11) is 0. The van der Waals surface area contributed by atoms with Crippen molar-refractivity contribution in [1.29, 1.82) is 0 Å². The number of esters is 1. The fourth-order valence-electron chi connectivity index (χ4n) is 1.54. The summed E-state index contributed by atoms with van der Waals surface area (Å²) < 4.78 is 5.14. The van der Waals surface area contributed by atoms with Crippen LogP contribution < -0.4 is 5.73 Å². The molecule has 0 heterocycles. The number of nitrogens with two attached hydrogens (primary N) is 1. The lowest BCUT2D eigenvalue weighted by atomic mass is 10.2. The molecule has 0 fully saturated rings. The van der Waals surface area contributed by atoms with Gasteiger partial charge in [-0.3, -0.25) is 4.90 Å². The number of nitrogen functional groups attached to an aromatic ring is 1. The second kappa shape index (κ2) is 7.68. The Morgan fingerprint density at radius 1 is 1.33 bits per heavy atom. The van der Waals surface area contributed by atoms with Gasteiger partial charge in [-0.1, -0.05) is 6.92 Å². The number of nitrogens with zero attached hydrogens (tertiary/aromatic N) is 1. The number of carbonyl (C=O) groups excluding carboxylic acids is 1. The number of ether oxygens (including phenoxy) is 1. The predicted octanol–water partition coefficient (Wildman–Crippen LogP) is 0.740. The highest BCUT2D eigenvalue weighted by Gasteiger charge is 2.07. The lowest BCUT2D eigenvalue weighted by Crippen LogP contribution is -2.30. The van der Waals surface area contributed by atoms with Gasteiger partial charge in [0.2, 0.25) is 0 Å². The topological polar surface area (TPSA) is 75.8 Å². The molecule has 100 valence electrons. The molecule has 0 radical (unpaired) electrons. The van der Waals surface area contributed by atoms with E-state index in [1.54, 1.807) is 24.3 Å². The normalized spacial score (nSPS) is 10.6. The summed E-state index contributed by atoms with van der Waals surface area (Å²) in [6.45, 7) is 4.46. The molecular weight excluding hydrogens is 232 g/mol. The molecule has 0 bridgehead atoms. The van der Waals surface area contributed by atoms with Gasteiger partial charge in [0.15, 0.2) is 0 Å². The fraction of sp³-hybridized carbons (Fsp3) is 0.462. The zero-order valence-corrected chi connectivity index (χ0v) is 10.6. The minimum Gasteiger partial charge on any atom is -0.461 e. The Morgan fingerprint density at radius 3 is 2.56 bits per heavy atom. The first-order chi connectivity index (χ1) is 8.67. The molecule has 0 aliphatic carbocycles. The summed E-state index contributed by atoms with van der Waals surface area (Å²) in [6, 6.07) is 6.62. The Hall–Kier alpha value is -1.59. The van der Waals surface area contributed by atoms with Gasteiger partial charge >= 0.3 is 5.97 Å². The molecule has 18 heavy (non-hydrogen) atoms. The number of hydrogen-bond acceptors (Lipinski definition) is 5. The molecule has 1 aromatic carbocycles. The van der Waals surface area contributed by atoms with Crippen LogP contribution in [0.1, 0.15) is 17.3 Å². The summed E-state index contributed by atoms with van der Waals surface area (Å²) in [4.78, 5) is 13.7. The summed E-state index contributed by atoms with van der Waals surface area (Å²) in [5.74, 6) is -0.352. The number of aliphatic hydroxyl groups excluding tert-OH is 1. The molecule has 0 aliphatic heterocycles. The van der Waals surface area contributed by atoms with Crippen molar-refractivity contribution in [3.05, 3.63) is 29.8 Å². The van der Waals surface area contributed by atoms with E-state index in [4.69, 9.17) is 15.6 Å². The summed E-state index contributed by atoms with van der Waals surface area (Å²) >= 11 is 0. The van der Waals surface area contributed by atoms with Gasteiger partial charge in [-0.15, -0.1) is 0 Å². The van der Waals surface area contributed by atoms with E-state index in [1.165, 1.54) is 0 Å². The molecular formula is C13H20N2O3. The largest absolute Gasteiger partial charge is 0.461 e. The van der Waals surface area contributed by atoms with Crippen LogP contribution in [0.4, 0.5) is 5.69 Å². The number of anilines is 1. The van der Waals surface area contributed by atoms with Crippen molar-refractivity contribution in [1.82, 2.24) is 4.90 Å². The van der Waals surface area contributed by atoms with Crippen LogP contribution in [0.15, 0.2) is 24.3 Å². The van der Waals surface area contributed by atoms with Gasteiger partial charge in [0, 0.05) is 18.8 Å². The van der Waals surface area contributed by atoms with Crippen LogP contribution in [0, 0.1) is 0 Å². The van der Waals surface area contributed by atoms with Gasteiger partial charge in [-0.25, -0.2) is 4.79 Å². The van der Waals surface area contributed by atoms with Gasteiger partial charge in [0.25, 0.3) is 0 Å². The third-order valence-electron chi connectivity index (χ3n) is 2.65. The first kappa shape index (κ1) is 14.5. The molecule has 0 saturated carbocycles. The number of carbonyl (C=O) groups is 1. The highest BCUT2D eigenvalue weighted by Crippen LogP contribution is 2.06. The number of benzene rings is 1. The van der Waals surface area contributed by atoms with Crippen molar-refractivity contribution in [3.63, 3.8) is 0 Å². The molecule has 0 aromatic heterocycles. The maximum atomic E-state index is 11.7. The molecule has 0 saturated heterocycles. The SMILES string of the molecule is CCN(CCO)CCOC(=O)c1ccc(N)cc1. The van der Waals surface area contributed by atoms with Gasteiger partial charge < -0.3 is 15.6 Å². The van der Waals surface area contributed by atoms with E-state index < -0.39 is 0 Å². The van der Waals surface area contributed by atoms with Crippen LogP contribution in [0.2, 0.25) is 0 Å². The van der Waals surface area contributed by atoms with Crippen LogP contribution in [0.25, 0.3) is 0 Å². The third kappa shape index (κ3) is 4.73. The van der Waals surface area contributed by atoms with Crippen molar-refractivity contribution in [2.45, 2.75) is 6.92 Å². The lowest BCUT2D eigenvalue weighted by Gasteiger charge is -2.18. The monoisotopic (exact) mass is 252 g/mol. The predicted molar refractivity (Wildman–Crippen MR) is 70.3 cm³/mol. The Morgan fingerprint density at radius 2 is 2.00 bits per heavy atom. The van der Waals surface area contributed by atoms with Crippen LogP contribution in [0.3, 0.4) is 0 Å². The van der Waals surface area contributed by atoms with Crippen molar-refractivity contribution >= 4 is 11.7 Å². The van der Waals surface area contributed by atoms with E-state index >= 15 is 0 Å². The second-order valence-corrected chi connectivity index (χ2v) is 3.92. The average molecular weight is 252 g/mol. The Bertz CT molecular complexity index is 365. The van der Waals surface area contributed by atoms with Gasteiger partial charge in [0.1, 0.15) is 6.61 Å². The molecule has 5 nitrogen and oxygen atoms in total. The van der Waals surface area contributed by atoms with E-state index in [0.717, 1.165) is 6.54 Å². The molecule has 5 heteroatoms. The molecule has 3 N–H and O–H groups in total. The molecule has 0 amide bonds. The van der Waals surface area contributed by atoms with E-state index in [2.05, 4.69) is 0 Å². The molecule has 0 atom stereocenters. The average Bonchev–Trinajstić information content (AvgIpc) is 2.38. The molecule has 0 unspecified atom stereocenters. The summed E-state index contributed by atoms with van der Waals surface area (Å²) in [6.07, 6.45) is 0. The first-order valence-corrected chi connectivity index (χ1v) is 6.03. The molecule has 1 rings (SSSR count). The van der Waals surface area contributed by atoms with Crippen molar-refractivity contribution in [2.24, 2.45) is 0 Å². The van der Waals surface area contributed by atoms with Crippen LogP contribution in [0.5, 0.6) is 0 Å². The molecule has 0 aliphatic rings. The van der Waals surface area contributed by atoms with Gasteiger partial charge in [0.05, 0.1) is 12.2 Å². The highest BCUT2D eigenvalue weighted by molar-refractivity contribution is 5.89. The number of aliphatic hydroxyl groups is 1. The highest BCUT2D eigenvalue weighted by atomic mass is 16.5. The third-order valence-corrected chi connectivity index (χ3v) is 2.65. The summed E-state index contributed by atoms with van der Waals surface area (Å²) in [5, 5.41) is 8.82. The zero-order chi connectivity index (χ0) is 13.4. The number of hydrogen-bond donors (Lipinski definition) is 2. The van der Waals surface area contributed by atoms with E-state index in [9.17, 15) is 4.79 Å². The standard InChI is InChI=1S/C13H20N2O3/c1-2-15(7-9-16)8-10-18-13(17)11-3-5-12(14)6-4-11/h3-6,16H,2,7-10,14H2,1H3. The first-order valence-electron chi connectivity index (χ1n) is 6.03. The van der Waals surface area contributed by atoms with E-state index in [1.807, 2.05) is 11.8 Å².